The lowest BCUT2D eigenvalue weighted by Crippen LogP contribution is -2.47. The van der Waals surface area contributed by atoms with Crippen LogP contribution >= 0.6 is 0 Å². The lowest BCUT2D eigenvalue weighted by molar-refractivity contribution is -0.179. The smallest absolute Gasteiger partial charge is 0.190 e. The van der Waals surface area contributed by atoms with Crippen molar-refractivity contribution in [3.63, 3.8) is 0 Å². The molecule has 0 spiro atoms. The van der Waals surface area contributed by atoms with Crippen LogP contribution in [0, 0.1) is 5.92 Å². The maximum absolute atomic E-state index is 12.6. The van der Waals surface area contributed by atoms with Crippen LogP contribution in [0.2, 0.25) is 0 Å². The topological polar surface area (TPSA) is 74.2 Å². The third-order valence-corrected chi connectivity index (χ3v) is 4.20. The Kier molecular flexibility index (Phi) is 10.2. The molecule has 5 unspecified atom stereocenters. The number of methoxy groups -OCH3 is 1. The summed E-state index contributed by atoms with van der Waals surface area (Å²) in [5.74, 6) is -0.644. The fourth-order valence-corrected chi connectivity index (χ4v) is 2.45. The van der Waals surface area contributed by atoms with Gasteiger partial charge in [0, 0.05) is 20.4 Å². The summed E-state index contributed by atoms with van der Waals surface area (Å²) in [5.41, 5.74) is -1.04. The Labute approximate surface area is 146 Å². The van der Waals surface area contributed by atoms with Gasteiger partial charge in [-0.25, -0.2) is 0 Å². The largest absolute Gasteiger partial charge is 0.357 e. The van der Waals surface area contributed by atoms with E-state index in [1.807, 2.05) is 13.8 Å². The molecule has 0 radical (unpaired) electrons. The first-order chi connectivity index (χ1) is 11.2. The lowest BCUT2D eigenvalue weighted by Gasteiger charge is -2.33. The SMILES string of the molecule is CCC(OC(C)OC)C(=O)C(C)OC(C)(CC)C(=O)C(C)/C=N/C. The molecule has 0 bridgehead atoms. The molecule has 5 atom stereocenters. The molecular formula is C18H33NO5. The van der Waals surface area contributed by atoms with Gasteiger partial charge in [-0.2, -0.15) is 0 Å². The standard InChI is InChI=1S/C18H33NO5/c1-9-15(23-14(5)22-8)16(20)13(4)24-18(6,10-2)17(21)12(3)11-19-7/h11-15H,9-10H2,1-8H3/b19-11+. The molecule has 0 saturated carbocycles. The fourth-order valence-electron chi connectivity index (χ4n) is 2.45. The Morgan fingerprint density at radius 3 is 2.21 bits per heavy atom. The summed E-state index contributed by atoms with van der Waals surface area (Å²) < 4.78 is 16.5. The average molecular weight is 343 g/mol. The van der Waals surface area contributed by atoms with E-state index >= 15 is 0 Å². The highest BCUT2D eigenvalue weighted by molar-refractivity contribution is 5.99. The van der Waals surface area contributed by atoms with Gasteiger partial charge in [-0.15, -0.1) is 0 Å². The molecule has 0 aliphatic carbocycles. The van der Waals surface area contributed by atoms with E-state index < -0.39 is 24.1 Å². The Morgan fingerprint density at radius 2 is 1.79 bits per heavy atom. The van der Waals surface area contributed by atoms with Gasteiger partial charge in [0.25, 0.3) is 0 Å². The monoisotopic (exact) mass is 343 g/mol. The number of rotatable bonds is 12. The number of ketones is 2. The van der Waals surface area contributed by atoms with Crippen LogP contribution in [-0.2, 0) is 23.8 Å². The molecule has 0 amide bonds. The lowest BCUT2D eigenvalue weighted by atomic mass is 9.89. The summed E-state index contributed by atoms with van der Waals surface area (Å²) in [6, 6.07) is 0. The zero-order valence-corrected chi connectivity index (χ0v) is 16.3. The van der Waals surface area contributed by atoms with Gasteiger partial charge in [0.1, 0.15) is 17.8 Å². The van der Waals surface area contributed by atoms with Crippen molar-refractivity contribution in [2.24, 2.45) is 10.9 Å². The molecule has 0 fully saturated rings. The van der Waals surface area contributed by atoms with Crippen molar-refractivity contribution in [1.29, 1.82) is 0 Å². The van der Waals surface area contributed by atoms with Crippen LogP contribution in [0.5, 0.6) is 0 Å². The highest BCUT2D eigenvalue weighted by Crippen LogP contribution is 2.24. The van der Waals surface area contributed by atoms with E-state index in [1.54, 1.807) is 41.0 Å². The molecule has 0 aliphatic rings. The van der Waals surface area contributed by atoms with Crippen LogP contribution in [0.1, 0.15) is 54.4 Å². The molecule has 0 aromatic heterocycles. The van der Waals surface area contributed by atoms with Crippen LogP contribution in [0.4, 0.5) is 0 Å². The number of hydrogen-bond donors (Lipinski definition) is 0. The van der Waals surface area contributed by atoms with Crippen molar-refractivity contribution < 1.29 is 23.8 Å². The second-order valence-electron chi connectivity index (χ2n) is 6.14. The van der Waals surface area contributed by atoms with Crippen LogP contribution in [0.25, 0.3) is 0 Å². The molecule has 0 aromatic rings. The molecule has 0 heterocycles. The zero-order chi connectivity index (χ0) is 18.9. The van der Waals surface area contributed by atoms with E-state index in [-0.39, 0.29) is 17.5 Å². The van der Waals surface area contributed by atoms with Gasteiger partial charge in [0.2, 0.25) is 0 Å². The Balaban J connectivity index is 5.10. The van der Waals surface area contributed by atoms with Crippen LogP contribution < -0.4 is 0 Å². The van der Waals surface area contributed by atoms with Crippen molar-refractivity contribution >= 4 is 17.8 Å². The second-order valence-corrected chi connectivity index (χ2v) is 6.14. The third-order valence-electron chi connectivity index (χ3n) is 4.20. The Hall–Kier alpha value is -1.11. The zero-order valence-electron chi connectivity index (χ0n) is 16.3. The van der Waals surface area contributed by atoms with Crippen molar-refractivity contribution in [2.75, 3.05) is 14.2 Å². The first kappa shape index (κ1) is 22.9. The quantitative estimate of drug-likeness (QED) is 0.402. The molecule has 24 heavy (non-hydrogen) atoms. The maximum atomic E-state index is 12.6. The van der Waals surface area contributed by atoms with Crippen molar-refractivity contribution in [1.82, 2.24) is 0 Å². The molecule has 0 aliphatic heterocycles. The van der Waals surface area contributed by atoms with E-state index in [4.69, 9.17) is 14.2 Å². The van der Waals surface area contributed by atoms with Gasteiger partial charge in [-0.1, -0.05) is 20.8 Å². The van der Waals surface area contributed by atoms with Crippen molar-refractivity contribution in [3.05, 3.63) is 0 Å². The molecule has 6 heteroatoms. The van der Waals surface area contributed by atoms with Gasteiger partial charge >= 0.3 is 0 Å². The third kappa shape index (κ3) is 6.42. The number of nitrogens with zero attached hydrogens (tertiary/aromatic N) is 1. The molecule has 140 valence electrons. The maximum Gasteiger partial charge on any atom is 0.190 e. The van der Waals surface area contributed by atoms with Crippen LogP contribution in [0.15, 0.2) is 4.99 Å². The Morgan fingerprint density at radius 1 is 1.21 bits per heavy atom. The number of Topliss-reactive ketones (excluding diaryl/α,β-unsaturated/α-hetero) is 2. The highest BCUT2D eigenvalue weighted by Gasteiger charge is 2.39. The number of carbonyl (C=O) groups is 2. The van der Waals surface area contributed by atoms with E-state index in [0.717, 1.165) is 0 Å². The van der Waals surface area contributed by atoms with E-state index in [2.05, 4.69) is 4.99 Å². The Bertz CT molecular complexity index is 437. The van der Waals surface area contributed by atoms with E-state index in [1.165, 1.54) is 7.11 Å². The van der Waals surface area contributed by atoms with Gasteiger partial charge in [0.05, 0.1) is 5.92 Å². The molecule has 0 aromatic carbocycles. The first-order valence-electron chi connectivity index (χ1n) is 8.53. The van der Waals surface area contributed by atoms with Crippen LogP contribution in [0.3, 0.4) is 0 Å². The van der Waals surface area contributed by atoms with E-state index in [9.17, 15) is 9.59 Å². The second kappa shape index (κ2) is 10.7. The summed E-state index contributed by atoms with van der Waals surface area (Å²) in [6.45, 7) is 10.6. The minimum Gasteiger partial charge on any atom is -0.357 e. The molecule has 0 saturated heterocycles. The highest BCUT2D eigenvalue weighted by atomic mass is 16.7. The summed E-state index contributed by atoms with van der Waals surface area (Å²) in [6.07, 6.45) is 0.711. The minimum atomic E-state index is -1.04. The van der Waals surface area contributed by atoms with E-state index in [0.29, 0.717) is 12.8 Å². The minimum absolute atomic E-state index is 0.0884. The van der Waals surface area contributed by atoms with Gasteiger partial charge in [-0.3, -0.25) is 9.59 Å². The summed E-state index contributed by atoms with van der Waals surface area (Å²) in [5, 5.41) is 0. The average Bonchev–Trinajstić information content (AvgIpc) is 2.57. The summed E-state index contributed by atoms with van der Waals surface area (Å²) in [4.78, 5) is 29.1. The molecule has 0 N–H and O–H groups in total. The predicted octanol–water partition coefficient (Wildman–Crippen LogP) is 2.82. The number of ether oxygens (including phenoxy) is 3. The van der Waals surface area contributed by atoms with Crippen molar-refractivity contribution in [3.8, 4) is 0 Å². The predicted molar refractivity (Wildman–Crippen MR) is 94.5 cm³/mol. The fraction of sp³-hybridized carbons (Fsp3) is 0.833. The first-order valence-corrected chi connectivity index (χ1v) is 8.53. The normalized spacial score (nSPS) is 19.5. The summed E-state index contributed by atoms with van der Waals surface area (Å²) in [7, 11) is 3.14. The van der Waals surface area contributed by atoms with Gasteiger partial charge in [-0.05, 0) is 33.6 Å². The molecule has 0 rings (SSSR count). The van der Waals surface area contributed by atoms with Crippen molar-refractivity contribution in [2.45, 2.75) is 78.5 Å². The number of aliphatic imine (C=N–C) groups is 1. The van der Waals surface area contributed by atoms with Gasteiger partial charge < -0.3 is 19.2 Å². The molecule has 6 nitrogen and oxygen atoms in total. The number of carbonyl (C=O) groups excluding carboxylic acids is 2. The van der Waals surface area contributed by atoms with Crippen LogP contribution in [-0.4, -0.2) is 56.0 Å². The number of hydrogen-bond acceptors (Lipinski definition) is 6. The summed E-state index contributed by atoms with van der Waals surface area (Å²) >= 11 is 0. The van der Waals surface area contributed by atoms with Gasteiger partial charge in [0.15, 0.2) is 17.9 Å². The molecular weight excluding hydrogens is 310 g/mol.